The van der Waals surface area contributed by atoms with Crippen molar-refractivity contribution in [3.63, 3.8) is 0 Å². The van der Waals surface area contributed by atoms with Crippen molar-refractivity contribution in [2.45, 2.75) is 44.6 Å². The largest absolute Gasteiger partial charge is 0.505 e. The molecule has 2 aromatic carbocycles. The molecule has 1 heterocycles. The van der Waals surface area contributed by atoms with E-state index in [9.17, 15) is 19.1 Å². The molecule has 0 atom stereocenters. The second-order valence-electron chi connectivity index (χ2n) is 8.16. The second kappa shape index (κ2) is 9.34. The minimum Gasteiger partial charge on any atom is -0.505 e. The summed E-state index contributed by atoms with van der Waals surface area (Å²) in [6.45, 7) is 0. The monoisotopic (exact) mass is 436 g/mol. The Hall–Kier alpha value is -3.48. The number of methoxy groups -OCH3 is 1. The number of carbonyl (C=O) groups is 2. The number of benzene rings is 2. The zero-order chi connectivity index (χ0) is 22.7. The summed E-state index contributed by atoms with van der Waals surface area (Å²) in [5, 5.41) is 14.2. The minimum atomic E-state index is -0.742. The van der Waals surface area contributed by atoms with E-state index < -0.39 is 5.97 Å². The third kappa shape index (κ3) is 4.56. The molecule has 1 amide bonds. The quantitative estimate of drug-likeness (QED) is 0.574. The number of fused-ring (bicyclic) bond motifs is 1. The number of nitrogens with one attached hydrogen (secondary N) is 1. The van der Waals surface area contributed by atoms with Crippen molar-refractivity contribution in [2.75, 3.05) is 7.11 Å². The van der Waals surface area contributed by atoms with Gasteiger partial charge in [-0.15, -0.1) is 0 Å². The number of phenolic OH excluding ortho intramolecular Hbond substituents is 1. The number of hydrogen-bond acceptors (Lipinski definition) is 5. The van der Waals surface area contributed by atoms with Gasteiger partial charge in [0.25, 0.3) is 5.91 Å². The summed E-state index contributed by atoms with van der Waals surface area (Å²) in [6.07, 6.45) is 7.19. The topological polar surface area (TPSA) is 88.5 Å². The molecular formula is C25H25FN2O4. The number of carbonyl (C=O) groups excluding carboxylic acids is 2. The fourth-order valence-corrected chi connectivity index (χ4v) is 4.22. The standard InChI is InChI=1S/C25H25FN2O4/c1-32-25(31)21-13-20(24(30)28-18-5-3-2-4-6-18)19-12-16(14-27-22(19)23(21)29)11-15-7-9-17(26)10-8-15/h7-10,12-14,18,29H,2-6,11H2,1H3,(H,28,30). The lowest BCUT2D eigenvalue weighted by atomic mass is 9.94. The normalized spacial score (nSPS) is 14.3. The Bertz CT molecular complexity index is 1150. The van der Waals surface area contributed by atoms with Gasteiger partial charge in [0.2, 0.25) is 0 Å². The Morgan fingerprint density at radius 2 is 1.81 bits per heavy atom. The number of rotatable bonds is 5. The van der Waals surface area contributed by atoms with Crippen LogP contribution in [-0.2, 0) is 11.2 Å². The van der Waals surface area contributed by atoms with Gasteiger partial charge in [0.15, 0.2) is 5.75 Å². The molecule has 166 valence electrons. The molecule has 1 aliphatic carbocycles. The van der Waals surface area contributed by atoms with E-state index in [0.29, 0.717) is 11.8 Å². The molecule has 3 aromatic rings. The van der Waals surface area contributed by atoms with Crippen LogP contribution in [0.5, 0.6) is 5.75 Å². The first kappa shape index (κ1) is 21.7. The van der Waals surface area contributed by atoms with Crippen LogP contribution in [0.3, 0.4) is 0 Å². The van der Waals surface area contributed by atoms with Crippen LogP contribution in [0, 0.1) is 5.82 Å². The number of pyridine rings is 1. The van der Waals surface area contributed by atoms with Crippen LogP contribution in [-0.4, -0.2) is 35.1 Å². The van der Waals surface area contributed by atoms with Crippen LogP contribution in [0.2, 0.25) is 0 Å². The summed E-state index contributed by atoms with van der Waals surface area (Å²) in [5.74, 6) is -1.69. The lowest BCUT2D eigenvalue weighted by molar-refractivity contribution is 0.0597. The molecule has 2 N–H and O–H groups in total. The first-order valence-electron chi connectivity index (χ1n) is 10.7. The van der Waals surface area contributed by atoms with Crippen LogP contribution in [0.25, 0.3) is 10.9 Å². The molecule has 0 aliphatic heterocycles. The van der Waals surface area contributed by atoms with Crippen LogP contribution >= 0.6 is 0 Å². The van der Waals surface area contributed by atoms with E-state index in [1.807, 2.05) is 0 Å². The third-order valence-corrected chi connectivity index (χ3v) is 5.91. The average Bonchev–Trinajstić information content (AvgIpc) is 2.81. The Morgan fingerprint density at radius 3 is 2.50 bits per heavy atom. The predicted molar refractivity (Wildman–Crippen MR) is 118 cm³/mol. The third-order valence-electron chi connectivity index (χ3n) is 5.91. The van der Waals surface area contributed by atoms with Gasteiger partial charge in [0.1, 0.15) is 16.9 Å². The zero-order valence-electron chi connectivity index (χ0n) is 17.9. The Kier molecular flexibility index (Phi) is 6.35. The molecule has 1 fully saturated rings. The van der Waals surface area contributed by atoms with Crippen molar-refractivity contribution < 1.29 is 23.8 Å². The summed E-state index contributed by atoms with van der Waals surface area (Å²) >= 11 is 0. The van der Waals surface area contributed by atoms with Crippen LogP contribution in [0.15, 0.2) is 42.6 Å². The molecule has 1 aliphatic rings. The summed E-state index contributed by atoms with van der Waals surface area (Å²) in [7, 11) is 1.22. The zero-order valence-corrected chi connectivity index (χ0v) is 17.9. The van der Waals surface area contributed by atoms with Crippen molar-refractivity contribution in [1.29, 1.82) is 0 Å². The van der Waals surface area contributed by atoms with Gasteiger partial charge in [-0.3, -0.25) is 9.78 Å². The van der Waals surface area contributed by atoms with Gasteiger partial charge < -0.3 is 15.2 Å². The van der Waals surface area contributed by atoms with Gasteiger partial charge in [0, 0.05) is 23.2 Å². The number of phenols is 1. The van der Waals surface area contributed by atoms with E-state index in [-0.39, 0.29) is 40.2 Å². The van der Waals surface area contributed by atoms with E-state index in [1.54, 1.807) is 24.4 Å². The van der Waals surface area contributed by atoms with Gasteiger partial charge >= 0.3 is 5.97 Å². The summed E-state index contributed by atoms with van der Waals surface area (Å²) in [5.41, 5.74) is 1.99. The first-order valence-corrected chi connectivity index (χ1v) is 10.7. The summed E-state index contributed by atoms with van der Waals surface area (Å²) in [4.78, 5) is 29.7. The SMILES string of the molecule is COC(=O)c1cc(C(=O)NC2CCCCC2)c2cc(Cc3ccc(F)cc3)cnc2c1O. The molecule has 1 saturated carbocycles. The number of hydrogen-bond donors (Lipinski definition) is 2. The van der Waals surface area contributed by atoms with Crippen LogP contribution in [0.4, 0.5) is 4.39 Å². The Balaban J connectivity index is 1.76. The average molecular weight is 436 g/mol. The molecule has 0 radical (unpaired) electrons. The molecular weight excluding hydrogens is 411 g/mol. The second-order valence-corrected chi connectivity index (χ2v) is 8.16. The number of nitrogens with zero attached hydrogens (tertiary/aromatic N) is 1. The van der Waals surface area contributed by atoms with Crippen molar-refractivity contribution in [3.8, 4) is 5.75 Å². The van der Waals surface area contributed by atoms with Crippen molar-refractivity contribution >= 4 is 22.8 Å². The summed E-state index contributed by atoms with van der Waals surface area (Å²) < 4.78 is 18.0. The summed E-state index contributed by atoms with van der Waals surface area (Å²) in [6, 6.07) is 9.38. The highest BCUT2D eigenvalue weighted by atomic mass is 19.1. The molecule has 1 aromatic heterocycles. The Morgan fingerprint density at radius 1 is 1.09 bits per heavy atom. The molecule has 0 saturated heterocycles. The smallest absolute Gasteiger partial charge is 0.341 e. The number of halogens is 1. The molecule has 0 unspecified atom stereocenters. The van der Waals surface area contributed by atoms with E-state index in [2.05, 4.69) is 10.3 Å². The molecule has 7 heteroatoms. The van der Waals surface area contributed by atoms with Crippen molar-refractivity contribution in [2.24, 2.45) is 0 Å². The molecule has 32 heavy (non-hydrogen) atoms. The first-order chi connectivity index (χ1) is 15.5. The number of amides is 1. The maximum Gasteiger partial charge on any atom is 0.341 e. The maximum atomic E-state index is 13.2. The molecule has 0 spiro atoms. The predicted octanol–water partition coefficient (Wildman–Crippen LogP) is 4.52. The van der Waals surface area contributed by atoms with Gasteiger partial charge in [-0.2, -0.15) is 0 Å². The fourth-order valence-electron chi connectivity index (χ4n) is 4.22. The van der Waals surface area contributed by atoms with E-state index in [4.69, 9.17) is 4.74 Å². The number of esters is 1. The molecule has 6 nitrogen and oxygen atoms in total. The van der Waals surface area contributed by atoms with Gasteiger partial charge in [0.05, 0.1) is 7.11 Å². The van der Waals surface area contributed by atoms with E-state index in [1.165, 1.54) is 25.3 Å². The highest BCUT2D eigenvalue weighted by molar-refractivity contribution is 6.11. The maximum absolute atomic E-state index is 13.2. The lowest BCUT2D eigenvalue weighted by Gasteiger charge is -2.23. The number of aromatic nitrogens is 1. The Labute approximate surface area is 185 Å². The molecule has 0 bridgehead atoms. The number of aromatic hydroxyl groups is 1. The van der Waals surface area contributed by atoms with Gasteiger partial charge in [-0.25, -0.2) is 9.18 Å². The van der Waals surface area contributed by atoms with Crippen LogP contribution < -0.4 is 5.32 Å². The van der Waals surface area contributed by atoms with E-state index >= 15 is 0 Å². The van der Waals surface area contributed by atoms with E-state index in [0.717, 1.165) is 43.2 Å². The van der Waals surface area contributed by atoms with Crippen LogP contribution in [0.1, 0.15) is 63.9 Å². The number of ether oxygens (including phenoxy) is 1. The van der Waals surface area contributed by atoms with Gasteiger partial charge in [-0.1, -0.05) is 31.4 Å². The molecule has 4 rings (SSSR count). The van der Waals surface area contributed by atoms with Crippen molar-refractivity contribution in [1.82, 2.24) is 10.3 Å². The van der Waals surface area contributed by atoms with Gasteiger partial charge in [-0.05, 0) is 54.7 Å². The minimum absolute atomic E-state index is 0.0806. The van der Waals surface area contributed by atoms with Crippen molar-refractivity contribution in [3.05, 3.63) is 70.7 Å². The highest BCUT2D eigenvalue weighted by Gasteiger charge is 2.24. The fraction of sp³-hybridized carbons (Fsp3) is 0.320. The highest BCUT2D eigenvalue weighted by Crippen LogP contribution is 2.32. The lowest BCUT2D eigenvalue weighted by Crippen LogP contribution is -2.36.